The number of aliphatic hydroxyl groups excluding tert-OH is 1. The summed E-state index contributed by atoms with van der Waals surface area (Å²) < 4.78 is 10.5. The van der Waals surface area contributed by atoms with Gasteiger partial charge < -0.3 is 14.6 Å². The molecule has 0 saturated carbocycles. The quantitative estimate of drug-likeness (QED) is 0.879. The summed E-state index contributed by atoms with van der Waals surface area (Å²) in [5.41, 5.74) is 1.54. The van der Waals surface area contributed by atoms with E-state index >= 15 is 0 Å². The number of aromatic nitrogens is 1. The van der Waals surface area contributed by atoms with Crippen LogP contribution < -0.4 is 9.47 Å². The normalized spacial score (nSPS) is 11.9. The van der Waals surface area contributed by atoms with Gasteiger partial charge in [0.1, 0.15) is 11.9 Å². The molecule has 4 heteroatoms. The van der Waals surface area contributed by atoms with E-state index in [0.717, 1.165) is 23.3 Å². The predicted octanol–water partition coefficient (Wildman–Crippen LogP) is 2.96. The zero-order valence-corrected chi connectivity index (χ0v) is 11.7. The van der Waals surface area contributed by atoms with Crippen molar-refractivity contribution in [2.45, 2.75) is 19.4 Å². The third kappa shape index (κ3) is 3.48. The van der Waals surface area contributed by atoms with Gasteiger partial charge in [-0.05, 0) is 30.2 Å². The Labute approximate surface area is 119 Å². The van der Waals surface area contributed by atoms with E-state index in [1.54, 1.807) is 25.4 Å². The number of nitrogens with zero attached hydrogens (tertiary/aromatic N) is 1. The Hall–Kier alpha value is -2.07. The molecule has 0 saturated heterocycles. The van der Waals surface area contributed by atoms with Gasteiger partial charge in [-0.25, -0.2) is 4.98 Å². The van der Waals surface area contributed by atoms with Gasteiger partial charge >= 0.3 is 0 Å². The first kappa shape index (κ1) is 14.3. The lowest BCUT2D eigenvalue weighted by atomic mass is 10.0. The standard InChI is InChI=1S/C16H19NO3/c1-3-10-20-14-7-4-12(5-8-14)16(18)13-6-9-15(19-2)17-11-13/h4-9,11,16,18H,3,10H2,1-2H3. The van der Waals surface area contributed by atoms with Crippen molar-refractivity contribution in [1.29, 1.82) is 0 Å². The van der Waals surface area contributed by atoms with Crippen LogP contribution >= 0.6 is 0 Å². The highest BCUT2D eigenvalue weighted by molar-refractivity contribution is 5.34. The number of methoxy groups -OCH3 is 1. The maximum atomic E-state index is 10.3. The van der Waals surface area contributed by atoms with Crippen LogP contribution in [0.5, 0.6) is 11.6 Å². The van der Waals surface area contributed by atoms with E-state index in [4.69, 9.17) is 9.47 Å². The number of aliphatic hydroxyl groups is 1. The van der Waals surface area contributed by atoms with Crippen LogP contribution in [-0.2, 0) is 0 Å². The highest BCUT2D eigenvalue weighted by Crippen LogP contribution is 2.24. The van der Waals surface area contributed by atoms with Gasteiger partial charge in [-0.2, -0.15) is 0 Å². The van der Waals surface area contributed by atoms with E-state index in [1.807, 2.05) is 24.3 Å². The lowest BCUT2D eigenvalue weighted by molar-refractivity contribution is 0.219. The lowest BCUT2D eigenvalue weighted by Gasteiger charge is -2.12. The van der Waals surface area contributed by atoms with Crippen LogP contribution in [0, 0.1) is 0 Å². The minimum atomic E-state index is -0.700. The first-order valence-corrected chi connectivity index (χ1v) is 6.65. The molecule has 1 unspecified atom stereocenters. The number of hydrogen-bond acceptors (Lipinski definition) is 4. The third-order valence-corrected chi connectivity index (χ3v) is 2.95. The Balaban J connectivity index is 2.09. The first-order valence-electron chi connectivity index (χ1n) is 6.65. The number of hydrogen-bond donors (Lipinski definition) is 1. The summed E-state index contributed by atoms with van der Waals surface area (Å²) in [7, 11) is 1.56. The fourth-order valence-electron chi connectivity index (χ4n) is 1.83. The molecule has 1 aromatic carbocycles. The average molecular weight is 273 g/mol. The molecular formula is C16H19NO3. The van der Waals surface area contributed by atoms with Crippen molar-refractivity contribution < 1.29 is 14.6 Å². The van der Waals surface area contributed by atoms with E-state index in [-0.39, 0.29) is 0 Å². The second-order valence-electron chi connectivity index (χ2n) is 4.45. The first-order chi connectivity index (χ1) is 9.74. The van der Waals surface area contributed by atoms with Gasteiger partial charge in [-0.3, -0.25) is 0 Å². The fraction of sp³-hybridized carbons (Fsp3) is 0.312. The molecule has 0 radical (unpaired) electrons. The van der Waals surface area contributed by atoms with Gasteiger partial charge in [0.25, 0.3) is 0 Å². The smallest absolute Gasteiger partial charge is 0.212 e. The Morgan fingerprint density at radius 2 is 1.80 bits per heavy atom. The topological polar surface area (TPSA) is 51.6 Å². The Morgan fingerprint density at radius 3 is 2.35 bits per heavy atom. The highest BCUT2D eigenvalue weighted by atomic mass is 16.5. The molecule has 1 atom stereocenters. The van der Waals surface area contributed by atoms with Crippen LogP contribution in [0.1, 0.15) is 30.6 Å². The zero-order chi connectivity index (χ0) is 14.4. The molecule has 0 bridgehead atoms. The number of pyridine rings is 1. The van der Waals surface area contributed by atoms with E-state index in [2.05, 4.69) is 11.9 Å². The van der Waals surface area contributed by atoms with E-state index < -0.39 is 6.10 Å². The number of ether oxygens (including phenoxy) is 2. The second-order valence-corrected chi connectivity index (χ2v) is 4.45. The summed E-state index contributed by atoms with van der Waals surface area (Å²) in [6.07, 6.45) is 1.89. The highest BCUT2D eigenvalue weighted by Gasteiger charge is 2.11. The molecule has 4 nitrogen and oxygen atoms in total. The minimum Gasteiger partial charge on any atom is -0.494 e. The monoisotopic (exact) mass is 273 g/mol. The molecule has 1 N–H and O–H groups in total. The van der Waals surface area contributed by atoms with Gasteiger partial charge in [-0.1, -0.05) is 19.1 Å². The van der Waals surface area contributed by atoms with Crippen LogP contribution in [0.2, 0.25) is 0 Å². The van der Waals surface area contributed by atoms with Crippen molar-refractivity contribution >= 4 is 0 Å². The fourth-order valence-corrected chi connectivity index (χ4v) is 1.83. The van der Waals surface area contributed by atoms with E-state index in [1.165, 1.54) is 0 Å². The lowest BCUT2D eigenvalue weighted by Crippen LogP contribution is -2.01. The van der Waals surface area contributed by atoms with Crippen molar-refractivity contribution in [3.05, 3.63) is 53.7 Å². The van der Waals surface area contributed by atoms with Crippen molar-refractivity contribution in [2.75, 3.05) is 13.7 Å². The van der Waals surface area contributed by atoms with Gasteiger partial charge in [0, 0.05) is 17.8 Å². The molecular weight excluding hydrogens is 254 g/mol. The largest absolute Gasteiger partial charge is 0.494 e. The van der Waals surface area contributed by atoms with Crippen LogP contribution in [-0.4, -0.2) is 23.8 Å². The molecule has 0 amide bonds. The SMILES string of the molecule is CCCOc1ccc(C(O)c2ccc(OC)nc2)cc1. The van der Waals surface area contributed by atoms with Crippen LogP contribution in [0.15, 0.2) is 42.6 Å². The average Bonchev–Trinajstić information content (AvgIpc) is 2.53. The molecule has 0 aliphatic rings. The van der Waals surface area contributed by atoms with Gasteiger partial charge in [0.2, 0.25) is 5.88 Å². The number of rotatable bonds is 6. The van der Waals surface area contributed by atoms with Crippen molar-refractivity contribution in [3.63, 3.8) is 0 Å². The Kier molecular flexibility index (Phi) is 4.96. The maximum Gasteiger partial charge on any atom is 0.212 e. The van der Waals surface area contributed by atoms with Gasteiger partial charge in [0.05, 0.1) is 13.7 Å². The molecule has 20 heavy (non-hydrogen) atoms. The van der Waals surface area contributed by atoms with Crippen LogP contribution in [0.25, 0.3) is 0 Å². The van der Waals surface area contributed by atoms with Gasteiger partial charge in [-0.15, -0.1) is 0 Å². The summed E-state index contributed by atoms with van der Waals surface area (Å²) in [6, 6.07) is 11.0. The molecule has 1 heterocycles. The van der Waals surface area contributed by atoms with Crippen molar-refractivity contribution in [2.24, 2.45) is 0 Å². The zero-order valence-electron chi connectivity index (χ0n) is 11.7. The summed E-state index contributed by atoms with van der Waals surface area (Å²) in [5.74, 6) is 1.35. The Morgan fingerprint density at radius 1 is 1.10 bits per heavy atom. The van der Waals surface area contributed by atoms with Crippen molar-refractivity contribution in [1.82, 2.24) is 4.98 Å². The van der Waals surface area contributed by atoms with Crippen LogP contribution in [0.3, 0.4) is 0 Å². The van der Waals surface area contributed by atoms with E-state index in [9.17, 15) is 5.11 Å². The second kappa shape index (κ2) is 6.91. The van der Waals surface area contributed by atoms with E-state index in [0.29, 0.717) is 12.5 Å². The molecule has 0 aliphatic heterocycles. The molecule has 106 valence electrons. The molecule has 2 rings (SSSR count). The summed E-state index contributed by atoms with van der Waals surface area (Å²) in [5, 5.41) is 10.3. The molecule has 0 spiro atoms. The van der Waals surface area contributed by atoms with Crippen LogP contribution in [0.4, 0.5) is 0 Å². The van der Waals surface area contributed by atoms with Gasteiger partial charge in [0.15, 0.2) is 0 Å². The summed E-state index contributed by atoms with van der Waals surface area (Å²) >= 11 is 0. The molecule has 2 aromatic rings. The minimum absolute atomic E-state index is 0.532. The summed E-state index contributed by atoms with van der Waals surface area (Å²) in [4.78, 5) is 4.09. The van der Waals surface area contributed by atoms with Crippen molar-refractivity contribution in [3.8, 4) is 11.6 Å². The number of benzene rings is 1. The molecule has 1 aromatic heterocycles. The third-order valence-electron chi connectivity index (χ3n) is 2.95. The molecule has 0 aliphatic carbocycles. The maximum absolute atomic E-state index is 10.3. The Bertz CT molecular complexity index is 522. The summed E-state index contributed by atoms with van der Waals surface area (Å²) in [6.45, 7) is 2.76. The predicted molar refractivity (Wildman–Crippen MR) is 77.1 cm³/mol. The molecule has 0 fully saturated rings.